The number of rotatable bonds is 4. The van der Waals surface area contributed by atoms with E-state index in [1.54, 1.807) is 0 Å². The number of benzene rings is 1. The summed E-state index contributed by atoms with van der Waals surface area (Å²) in [7, 11) is -0.642. The molecule has 1 heterocycles. The van der Waals surface area contributed by atoms with E-state index in [1.807, 2.05) is 0 Å². The molecule has 128 valence electrons. The first-order valence-electron chi connectivity index (χ1n) is 6.94. The van der Waals surface area contributed by atoms with Crippen molar-refractivity contribution in [2.24, 2.45) is 5.92 Å². The van der Waals surface area contributed by atoms with Crippen LogP contribution < -0.4 is 0 Å². The largest absolute Gasteiger partial charge is 0.391 e. The highest BCUT2D eigenvalue weighted by Crippen LogP contribution is 2.23. The maximum absolute atomic E-state index is 13.2. The lowest BCUT2D eigenvalue weighted by Gasteiger charge is -2.18. The van der Waals surface area contributed by atoms with Gasteiger partial charge >= 0.3 is 0 Å². The van der Waals surface area contributed by atoms with Crippen LogP contribution in [0.2, 0.25) is 5.02 Å². The maximum Gasteiger partial charge on any atom is 0.254 e. The number of carbonyl (C=O) groups is 1. The monoisotopic (exact) mass is 364 g/mol. The molecular weight excluding hydrogens is 347 g/mol. The molecule has 2 atom stereocenters. The summed E-state index contributed by atoms with van der Waals surface area (Å²) in [6, 6.07) is 3.62. The number of carbonyl (C=O) groups excluding carboxylic acids is 1. The van der Waals surface area contributed by atoms with Crippen LogP contribution in [-0.2, 0) is 10.0 Å². The van der Waals surface area contributed by atoms with Crippen molar-refractivity contribution in [2.75, 3.05) is 32.9 Å². The molecule has 1 saturated heterocycles. The van der Waals surface area contributed by atoms with Gasteiger partial charge in [0.25, 0.3) is 5.91 Å². The van der Waals surface area contributed by atoms with Crippen molar-refractivity contribution in [1.29, 1.82) is 0 Å². The van der Waals surface area contributed by atoms with E-state index in [4.69, 9.17) is 11.6 Å². The third kappa shape index (κ3) is 4.00. The number of aliphatic hydroxyl groups is 1. The van der Waals surface area contributed by atoms with Crippen LogP contribution in [0.1, 0.15) is 10.4 Å². The summed E-state index contributed by atoms with van der Waals surface area (Å²) >= 11 is 5.66. The molecular formula is C14H18ClFN2O4S. The molecule has 0 radical (unpaired) electrons. The Morgan fingerprint density at radius 1 is 1.43 bits per heavy atom. The summed E-state index contributed by atoms with van der Waals surface area (Å²) in [5.41, 5.74) is 0.194. The Bertz CT molecular complexity index is 711. The summed E-state index contributed by atoms with van der Waals surface area (Å²) < 4.78 is 38.1. The van der Waals surface area contributed by atoms with Crippen molar-refractivity contribution < 1.29 is 22.7 Å². The van der Waals surface area contributed by atoms with Crippen LogP contribution >= 0.6 is 11.6 Å². The number of amides is 1. The summed E-state index contributed by atoms with van der Waals surface area (Å²) in [6.07, 6.45) is -0.926. The first kappa shape index (κ1) is 18.1. The van der Waals surface area contributed by atoms with Gasteiger partial charge in [0.2, 0.25) is 10.0 Å². The molecule has 0 bridgehead atoms. The second-order valence-electron chi connectivity index (χ2n) is 5.73. The highest BCUT2D eigenvalue weighted by atomic mass is 35.5. The second-order valence-corrected chi connectivity index (χ2v) is 8.36. The zero-order chi connectivity index (χ0) is 17.4. The number of nitrogens with zero attached hydrogens (tertiary/aromatic N) is 2. The molecule has 0 aromatic heterocycles. The Labute approximate surface area is 139 Å². The van der Waals surface area contributed by atoms with Crippen molar-refractivity contribution in [3.05, 3.63) is 34.6 Å². The molecule has 1 aromatic carbocycles. The van der Waals surface area contributed by atoms with E-state index >= 15 is 0 Å². The van der Waals surface area contributed by atoms with Gasteiger partial charge in [0.15, 0.2) is 0 Å². The zero-order valence-electron chi connectivity index (χ0n) is 12.7. The first-order valence-corrected chi connectivity index (χ1v) is 8.93. The number of sulfonamides is 1. The highest BCUT2D eigenvalue weighted by Gasteiger charge is 2.37. The fraction of sp³-hybridized carbons (Fsp3) is 0.500. The van der Waals surface area contributed by atoms with E-state index in [0.29, 0.717) is 0 Å². The van der Waals surface area contributed by atoms with Crippen molar-refractivity contribution >= 4 is 27.5 Å². The Morgan fingerprint density at radius 2 is 2.09 bits per heavy atom. The molecule has 1 amide bonds. The van der Waals surface area contributed by atoms with Crippen molar-refractivity contribution in [1.82, 2.24) is 9.21 Å². The highest BCUT2D eigenvalue weighted by molar-refractivity contribution is 7.89. The van der Waals surface area contributed by atoms with E-state index in [1.165, 1.54) is 31.1 Å². The first-order chi connectivity index (χ1) is 10.6. The molecule has 2 rings (SSSR count). The number of aliphatic hydroxyl groups excluding tert-OH is 1. The molecule has 0 saturated carbocycles. The van der Waals surface area contributed by atoms with Crippen LogP contribution in [0.15, 0.2) is 18.2 Å². The summed E-state index contributed by atoms with van der Waals surface area (Å²) in [5.74, 6) is -1.85. The molecule has 6 nitrogen and oxygen atoms in total. The molecule has 0 spiro atoms. The average molecular weight is 365 g/mol. The van der Waals surface area contributed by atoms with Crippen molar-refractivity contribution in [3.63, 3.8) is 0 Å². The van der Waals surface area contributed by atoms with Gasteiger partial charge in [-0.05, 0) is 18.2 Å². The lowest BCUT2D eigenvalue weighted by atomic mass is 10.1. The van der Waals surface area contributed by atoms with Crippen LogP contribution in [0.4, 0.5) is 4.39 Å². The summed E-state index contributed by atoms with van der Waals surface area (Å²) in [6.45, 7) is 0.142. The van der Waals surface area contributed by atoms with E-state index in [0.717, 1.165) is 10.4 Å². The Morgan fingerprint density at radius 3 is 2.65 bits per heavy atom. The quantitative estimate of drug-likeness (QED) is 0.857. The maximum atomic E-state index is 13.2. The number of hydrogen-bond acceptors (Lipinski definition) is 4. The van der Waals surface area contributed by atoms with Crippen molar-refractivity contribution in [2.45, 2.75) is 6.10 Å². The summed E-state index contributed by atoms with van der Waals surface area (Å²) in [4.78, 5) is 13.7. The van der Waals surface area contributed by atoms with E-state index in [9.17, 15) is 22.7 Å². The Hall–Kier alpha value is -1.22. The van der Waals surface area contributed by atoms with Crippen LogP contribution in [-0.4, -0.2) is 67.7 Å². The Balaban J connectivity index is 2.11. The predicted octanol–water partition coefficient (Wildman–Crippen LogP) is 0.803. The van der Waals surface area contributed by atoms with Gasteiger partial charge in [-0.1, -0.05) is 11.6 Å². The van der Waals surface area contributed by atoms with Crippen molar-refractivity contribution in [3.8, 4) is 0 Å². The minimum Gasteiger partial charge on any atom is -0.391 e. The van der Waals surface area contributed by atoms with Gasteiger partial charge in [-0.25, -0.2) is 17.1 Å². The third-order valence-corrected chi connectivity index (χ3v) is 6.09. The standard InChI is InChI=1S/C14H18ClFN2O4S/c1-17(2)23(21,22)8-10-6-18(7-13(10)19)14(20)9-3-4-12(16)11(15)5-9/h3-5,10,13,19H,6-8H2,1-2H3/t10-,13-/m0/s1. The number of β-amino-alcohol motifs (C(OH)–C–C–N with tert-alkyl or cyclic N) is 1. The van der Waals surface area contributed by atoms with Gasteiger partial charge in [0.1, 0.15) is 5.82 Å². The molecule has 1 fully saturated rings. The number of hydrogen-bond donors (Lipinski definition) is 1. The van der Waals surface area contributed by atoms with Gasteiger partial charge in [-0.2, -0.15) is 0 Å². The fourth-order valence-electron chi connectivity index (χ4n) is 2.42. The minimum atomic E-state index is -3.48. The minimum absolute atomic E-state index is 0.0292. The van der Waals surface area contributed by atoms with Gasteiger partial charge in [-0.15, -0.1) is 0 Å². The smallest absolute Gasteiger partial charge is 0.254 e. The lowest BCUT2D eigenvalue weighted by Crippen LogP contribution is -2.33. The lowest BCUT2D eigenvalue weighted by molar-refractivity contribution is 0.0764. The average Bonchev–Trinajstić information content (AvgIpc) is 2.81. The Kier molecular flexibility index (Phi) is 5.30. The van der Waals surface area contributed by atoms with Gasteiger partial charge in [0.05, 0.1) is 16.9 Å². The topological polar surface area (TPSA) is 77.9 Å². The second kappa shape index (κ2) is 6.72. The van der Waals surface area contributed by atoms with E-state index in [2.05, 4.69) is 0 Å². The number of likely N-dealkylation sites (tertiary alicyclic amines) is 1. The number of halogens is 2. The van der Waals surface area contributed by atoms with Crippen LogP contribution in [0.3, 0.4) is 0 Å². The molecule has 1 aromatic rings. The SMILES string of the molecule is CN(C)S(=O)(=O)C[C@@H]1CN(C(=O)c2ccc(F)c(Cl)c2)C[C@@H]1O. The zero-order valence-corrected chi connectivity index (χ0v) is 14.3. The normalized spacial score (nSPS) is 21.9. The van der Waals surface area contributed by atoms with Gasteiger partial charge in [-0.3, -0.25) is 4.79 Å². The fourth-order valence-corrected chi connectivity index (χ4v) is 3.76. The molecule has 1 N–H and O–H groups in total. The summed E-state index contributed by atoms with van der Waals surface area (Å²) in [5, 5.41) is 9.87. The predicted molar refractivity (Wildman–Crippen MR) is 84.3 cm³/mol. The molecule has 0 aliphatic carbocycles. The van der Waals surface area contributed by atoms with E-state index < -0.39 is 33.8 Å². The van der Waals surface area contributed by atoms with Crippen LogP contribution in [0, 0.1) is 11.7 Å². The molecule has 1 aliphatic rings. The third-order valence-electron chi connectivity index (χ3n) is 3.84. The van der Waals surface area contributed by atoms with Crippen LogP contribution in [0.25, 0.3) is 0 Å². The molecule has 1 aliphatic heterocycles. The molecule has 0 unspecified atom stereocenters. The van der Waals surface area contributed by atoms with Gasteiger partial charge in [0, 0.05) is 38.7 Å². The molecule has 9 heteroatoms. The molecule has 23 heavy (non-hydrogen) atoms. The van der Waals surface area contributed by atoms with E-state index in [-0.39, 0.29) is 29.4 Å². The van der Waals surface area contributed by atoms with Crippen LogP contribution in [0.5, 0.6) is 0 Å². The van der Waals surface area contributed by atoms with Gasteiger partial charge < -0.3 is 10.0 Å².